The fourth-order valence-electron chi connectivity index (χ4n) is 4.40. The number of carbonyl (C=O) groups is 1. The highest BCUT2D eigenvalue weighted by atomic mass is 35.5. The van der Waals surface area contributed by atoms with Gasteiger partial charge in [-0.2, -0.15) is 5.10 Å². The van der Waals surface area contributed by atoms with E-state index in [9.17, 15) is 14.7 Å². The smallest absolute Gasteiger partial charge is 0.267 e. The number of benzene rings is 1. The molecule has 4 rings (SSSR count). The number of hydrogen-bond donors (Lipinski definition) is 1. The fourth-order valence-corrected chi connectivity index (χ4v) is 4.63. The average molecular weight is 402 g/mol. The number of aliphatic hydroxyl groups is 1. The molecule has 1 aliphatic heterocycles. The van der Waals surface area contributed by atoms with Crippen LogP contribution in [-0.2, 0) is 11.3 Å². The summed E-state index contributed by atoms with van der Waals surface area (Å²) in [6.45, 7) is 0.960. The van der Waals surface area contributed by atoms with Gasteiger partial charge in [-0.05, 0) is 31.4 Å². The van der Waals surface area contributed by atoms with Crippen molar-refractivity contribution in [3.63, 3.8) is 0 Å². The quantitative estimate of drug-likeness (QED) is 0.858. The van der Waals surface area contributed by atoms with Crippen molar-refractivity contribution in [1.29, 1.82) is 0 Å². The van der Waals surface area contributed by atoms with Gasteiger partial charge in [0.2, 0.25) is 5.91 Å². The van der Waals surface area contributed by atoms with E-state index in [-0.39, 0.29) is 23.9 Å². The van der Waals surface area contributed by atoms with E-state index in [4.69, 9.17) is 11.6 Å². The SMILES string of the molecule is O=C(Cn1nc(-c2ccccc2Cl)ccc1=O)N1CC[C@@]2(O)CCCC[C@@H]2C1. The van der Waals surface area contributed by atoms with Gasteiger partial charge in [0.15, 0.2) is 0 Å². The number of rotatable bonds is 3. The third-order valence-corrected chi connectivity index (χ3v) is 6.41. The third-order valence-electron chi connectivity index (χ3n) is 6.08. The lowest BCUT2D eigenvalue weighted by atomic mass is 9.71. The van der Waals surface area contributed by atoms with Gasteiger partial charge in [0, 0.05) is 30.6 Å². The van der Waals surface area contributed by atoms with Crippen LogP contribution < -0.4 is 5.56 Å². The highest BCUT2D eigenvalue weighted by Gasteiger charge is 2.43. The van der Waals surface area contributed by atoms with Gasteiger partial charge in [-0.1, -0.05) is 42.6 Å². The molecule has 1 saturated heterocycles. The average Bonchev–Trinajstić information content (AvgIpc) is 2.69. The van der Waals surface area contributed by atoms with Crippen molar-refractivity contribution in [2.75, 3.05) is 13.1 Å². The normalized spacial score (nSPS) is 24.6. The molecule has 1 aromatic heterocycles. The Labute approximate surface area is 168 Å². The molecule has 1 N–H and O–H groups in total. The standard InChI is InChI=1S/C21H24ClN3O3/c22-17-7-2-1-6-16(17)18-8-9-19(26)25(23-18)14-20(27)24-12-11-21(28)10-4-3-5-15(21)13-24/h1-2,6-9,15,28H,3-5,10-14H2/t15-,21+/m1/s1. The second-order valence-corrected chi connectivity index (χ2v) is 8.24. The van der Waals surface area contributed by atoms with Crippen LogP contribution in [0.5, 0.6) is 0 Å². The molecular formula is C21H24ClN3O3. The molecule has 6 nitrogen and oxygen atoms in total. The third kappa shape index (κ3) is 3.71. The molecular weight excluding hydrogens is 378 g/mol. The van der Waals surface area contributed by atoms with E-state index in [1.54, 1.807) is 17.0 Å². The van der Waals surface area contributed by atoms with Crippen molar-refractivity contribution in [2.45, 2.75) is 44.2 Å². The summed E-state index contributed by atoms with van der Waals surface area (Å²) in [5, 5.41) is 15.7. The first-order valence-corrected chi connectivity index (χ1v) is 10.2. The van der Waals surface area contributed by atoms with Crippen LogP contribution in [0.4, 0.5) is 0 Å². The van der Waals surface area contributed by atoms with Gasteiger partial charge < -0.3 is 10.0 Å². The van der Waals surface area contributed by atoms with Crippen LogP contribution in [0.3, 0.4) is 0 Å². The summed E-state index contributed by atoms with van der Waals surface area (Å²) in [6, 6.07) is 10.3. The molecule has 1 aliphatic carbocycles. The van der Waals surface area contributed by atoms with E-state index in [2.05, 4.69) is 5.10 Å². The van der Waals surface area contributed by atoms with Crippen LogP contribution >= 0.6 is 11.6 Å². The zero-order chi connectivity index (χ0) is 19.7. The molecule has 2 heterocycles. The van der Waals surface area contributed by atoms with Gasteiger partial charge in [0.05, 0.1) is 16.3 Å². The molecule has 1 saturated carbocycles. The van der Waals surface area contributed by atoms with Gasteiger partial charge in [0.1, 0.15) is 6.54 Å². The second kappa shape index (κ2) is 7.68. The molecule has 2 fully saturated rings. The molecule has 2 aliphatic rings. The highest BCUT2D eigenvalue weighted by Crippen LogP contribution is 2.39. The minimum absolute atomic E-state index is 0.109. The first kappa shape index (κ1) is 19.2. The van der Waals surface area contributed by atoms with Crippen molar-refractivity contribution in [2.24, 2.45) is 5.92 Å². The largest absolute Gasteiger partial charge is 0.389 e. The van der Waals surface area contributed by atoms with Gasteiger partial charge in [0.25, 0.3) is 5.56 Å². The predicted octanol–water partition coefficient (Wildman–Crippen LogP) is 2.72. The molecule has 1 aromatic carbocycles. The second-order valence-electron chi connectivity index (χ2n) is 7.83. The number of fused-ring (bicyclic) bond motifs is 1. The van der Waals surface area contributed by atoms with E-state index < -0.39 is 5.60 Å². The molecule has 2 atom stereocenters. The number of nitrogens with zero attached hydrogens (tertiary/aromatic N) is 3. The van der Waals surface area contributed by atoms with Crippen LogP contribution in [0.15, 0.2) is 41.2 Å². The zero-order valence-electron chi connectivity index (χ0n) is 15.7. The van der Waals surface area contributed by atoms with Crippen LogP contribution in [0, 0.1) is 5.92 Å². The van der Waals surface area contributed by atoms with Crippen molar-refractivity contribution in [3.8, 4) is 11.3 Å². The van der Waals surface area contributed by atoms with Crippen molar-refractivity contribution in [1.82, 2.24) is 14.7 Å². The molecule has 0 bridgehead atoms. The lowest BCUT2D eigenvalue weighted by Gasteiger charge is -2.47. The van der Waals surface area contributed by atoms with E-state index in [1.165, 1.54) is 10.7 Å². The van der Waals surface area contributed by atoms with Gasteiger partial charge in [-0.15, -0.1) is 0 Å². The van der Waals surface area contributed by atoms with Crippen molar-refractivity contribution >= 4 is 17.5 Å². The highest BCUT2D eigenvalue weighted by molar-refractivity contribution is 6.33. The number of halogens is 1. The summed E-state index contributed by atoms with van der Waals surface area (Å²) in [7, 11) is 0. The molecule has 0 spiro atoms. The van der Waals surface area contributed by atoms with Gasteiger partial charge >= 0.3 is 0 Å². The summed E-state index contributed by atoms with van der Waals surface area (Å²) in [6.07, 6.45) is 4.51. The maximum atomic E-state index is 12.8. The minimum atomic E-state index is -0.631. The Morgan fingerprint density at radius 2 is 2.04 bits per heavy atom. The summed E-state index contributed by atoms with van der Waals surface area (Å²) in [4.78, 5) is 26.8. The van der Waals surface area contributed by atoms with Crippen molar-refractivity contribution in [3.05, 3.63) is 51.8 Å². The lowest BCUT2D eigenvalue weighted by molar-refractivity contribution is -0.144. The van der Waals surface area contributed by atoms with Crippen LogP contribution in [-0.4, -0.2) is 44.4 Å². The van der Waals surface area contributed by atoms with E-state index in [1.807, 2.05) is 18.2 Å². The summed E-state index contributed by atoms with van der Waals surface area (Å²) >= 11 is 6.23. The van der Waals surface area contributed by atoms with Crippen LogP contribution in [0.1, 0.15) is 32.1 Å². The van der Waals surface area contributed by atoms with Crippen LogP contribution in [0.2, 0.25) is 5.02 Å². The van der Waals surface area contributed by atoms with Crippen molar-refractivity contribution < 1.29 is 9.90 Å². The van der Waals surface area contributed by atoms with Gasteiger partial charge in [-0.3, -0.25) is 9.59 Å². The van der Waals surface area contributed by atoms with E-state index in [0.717, 1.165) is 31.2 Å². The molecule has 1 amide bonds. The maximum absolute atomic E-state index is 12.8. The number of likely N-dealkylation sites (tertiary alicyclic amines) is 1. The Kier molecular flexibility index (Phi) is 5.25. The lowest BCUT2D eigenvalue weighted by Crippen LogP contribution is -2.55. The van der Waals surface area contributed by atoms with E-state index >= 15 is 0 Å². The number of piperidine rings is 1. The summed E-state index contributed by atoms with van der Waals surface area (Å²) in [5.74, 6) is -0.0170. The predicted molar refractivity (Wildman–Crippen MR) is 107 cm³/mol. The number of aromatic nitrogens is 2. The minimum Gasteiger partial charge on any atom is -0.389 e. The molecule has 28 heavy (non-hydrogen) atoms. The Morgan fingerprint density at radius 1 is 1.21 bits per heavy atom. The molecule has 7 heteroatoms. The van der Waals surface area contributed by atoms with Gasteiger partial charge in [-0.25, -0.2) is 4.68 Å². The molecule has 0 unspecified atom stereocenters. The Balaban J connectivity index is 1.51. The summed E-state index contributed by atoms with van der Waals surface area (Å²) in [5.41, 5.74) is 0.318. The Hall–Kier alpha value is -2.18. The topological polar surface area (TPSA) is 75.4 Å². The maximum Gasteiger partial charge on any atom is 0.267 e. The Morgan fingerprint density at radius 3 is 2.86 bits per heavy atom. The fraction of sp³-hybridized carbons (Fsp3) is 0.476. The zero-order valence-corrected chi connectivity index (χ0v) is 16.4. The number of hydrogen-bond acceptors (Lipinski definition) is 4. The first-order chi connectivity index (χ1) is 13.5. The van der Waals surface area contributed by atoms with E-state index in [0.29, 0.717) is 30.2 Å². The first-order valence-electron chi connectivity index (χ1n) is 9.79. The number of amides is 1. The molecule has 148 valence electrons. The molecule has 0 radical (unpaired) electrons. The molecule has 2 aromatic rings. The number of carbonyl (C=O) groups excluding carboxylic acids is 1. The summed E-state index contributed by atoms with van der Waals surface area (Å²) < 4.78 is 1.20. The monoisotopic (exact) mass is 401 g/mol. The Bertz CT molecular complexity index is 944. The van der Waals surface area contributed by atoms with Crippen LogP contribution in [0.25, 0.3) is 11.3 Å².